The van der Waals surface area contributed by atoms with Crippen LogP contribution in [0, 0.1) is 0 Å². The molecule has 1 heterocycles. The Bertz CT molecular complexity index is 1340. The number of benzene rings is 3. The van der Waals surface area contributed by atoms with Gasteiger partial charge >= 0.3 is 5.97 Å². The number of amides is 1. The van der Waals surface area contributed by atoms with Crippen molar-refractivity contribution in [3.63, 3.8) is 0 Å². The normalized spacial score (nSPS) is 13.0. The number of rotatable bonds is 8. The van der Waals surface area contributed by atoms with Gasteiger partial charge in [-0.3, -0.25) is 13.7 Å². The largest absolute Gasteiger partial charge is 0.480 e. The molecule has 0 aliphatic rings. The number of carbonyl (C=O) groups excluding carboxylic acids is 1. The number of halogens is 1. The summed E-state index contributed by atoms with van der Waals surface area (Å²) in [6.07, 6.45) is -0.485. The third kappa shape index (κ3) is 4.70. The Kier molecular flexibility index (Phi) is 6.64. The molecule has 1 aromatic heterocycles. The maximum atomic E-state index is 12.5. The Hall–Kier alpha value is -3.40. The molecule has 0 aliphatic heterocycles. The number of carboxylic acid groups (broad SMARTS) is 1. The van der Waals surface area contributed by atoms with Crippen LogP contribution in [0.5, 0.6) is 0 Å². The lowest BCUT2D eigenvalue weighted by molar-refractivity contribution is -0.138. The van der Waals surface area contributed by atoms with Crippen LogP contribution in [0.3, 0.4) is 0 Å². The van der Waals surface area contributed by atoms with E-state index in [9.17, 15) is 23.5 Å². The number of hydrogen-bond acceptors (Lipinski definition) is 4. The van der Waals surface area contributed by atoms with Crippen molar-refractivity contribution in [2.45, 2.75) is 18.9 Å². The maximum absolute atomic E-state index is 12.5. The average Bonchev–Trinajstić information content (AvgIpc) is 3.19. The van der Waals surface area contributed by atoms with E-state index < -0.39 is 29.2 Å². The zero-order valence-corrected chi connectivity index (χ0v) is 18.7. The highest BCUT2D eigenvalue weighted by molar-refractivity contribution is 7.80. The number of nitrogens with zero attached hydrogens (tertiary/aromatic N) is 2. The van der Waals surface area contributed by atoms with Crippen molar-refractivity contribution in [3.8, 4) is 0 Å². The van der Waals surface area contributed by atoms with Crippen molar-refractivity contribution in [1.29, 1.82) is 0 Å². The summed E-state index contributed by atoms with van der Waals surface area (Å²) >= 11 is 3.42. The number of carboxylic acids is 1. The summed E-state index contributed by atoms with van der Waals surface area (Å²) in [5, 5.41) is 11.3. The van der Waals surface area contributed by atoms with Crippen molar-refractivity contribution >= 4 is 68.2 Å². The minimum Gasteiger partial charge on any atom is -0.480 e. The highest BCUT2D eigenvalue weighted by Gasteiger charge is 2.31. The van der Waals surface area contributed by atoms with Gasteiger partial charge in [0.05, 0.1) is 11.4 Å². The molecule has 2 unspecified atom stereocenters. The van der Waals surface area contributed by atoms with Crippen molar-refractivity contribution in [3.05, 3.63) is 72.8 Å². The van der Waals surface area contributed by atoms with Crippen molar-refractivity contribution < 1.29 is 27.9 Å². The molecule has 0 aliphatic carbocycles. The summed E-state index contributed by atoms with van der Waals surface area (Å²) in [4.78, 5) is 24.6. The Balaban J connectivity index is 1.62. The van der Waals surface area contributed by atoms with Gasteiger partial charge in [0, 0.05) is 29.0 Å². The number of anilines is 2. The van der Waals surface area contributed by atoms with Crippen molar-refractivity contribution in [2.75, 3.05) is 8.72 Å². The Morgan fingerprint density at radius 1 is 0.939 bits per heavy atom. The first kappa shape index (κ1) is 22.8. The van der Waals surface area contributed by atoms with E-state index in [0.717, 1.165) is 14.1 Å². The number of aliphatic carboxylic acids is 1. The molecule has 0 fully saturated rings. The van der Waals surface area contributed by atoms with E-state index in [-0.39, 0.29) is 18.5 Å². The molecule has 8 nitrogen and oxygen atoms in total. The third-order valence-corrected chi connectivity index (χ3v) is 6.37. The minimum atomic E-state index is -2.67. The average molecular weight is 487 g/mol. The lowest BCUT2D eigenvalue weighted by Gasteiger charge is -2.27. The van der Waals surface area contributed by atoms with Crippen LogP contribution in [0.15, 0.2) is 77.2 Å². The van der Waals surface area contributed by atoms with Crippen LogP contribution >= 0.6 is 11.8 Å². The predicted molar refractivity (Wildman–Crippen MR) is 127 cm³/mol. The number of para-hydroxylation sites is 2. The first-order valence-electron chi connectivity index (χ1n) is 9.95. The van der Waals surface area contributed by atoms with E-state index in [0.29, 0.717) is 22.2 Å². The highest BCUT2D eigenvalue weighted by atomic mass is 35.5. The van der Waals surface area contributed by atoms with Crippen LogP contribution in [-0.4, -0.2) is 31.8 Å². The van der Waals surface area contributed by atoms with Crippen molar-refractivity contribution in [2.24, 2.45) is 0 Å². The molecule has 0 bridgehead atoms. The molecular formula is C23H19ClN2O6S. The van der Waals surface area contributed by atoms with Gasteiger partial charge in [0.25, 0.3) is 11.3 Å². The van der Waals surface area contributed by atoms with Crippen LogP contribution < -0.4 is 8.72 Å². The van der Waals surface area contributed by atoms with E-state index in [1.807, 2.05) is 18.2 Å². The fourth-order valence-corrected chi connectivity index (χ4v) is 4.54. The molecule has 3 aromatic carbocycles. The van der Waals surface area contributed by atoms with E-state index in [1.54, 1.807) is 48.5 Å². The predicted octanol–water partition coefficient (Wildman–Crippen LogP) is 4.95. The van der Waals surface area contributed by atoms with E-state index in [2.05, 4.69) is 0 Å². The van der Waals surface area contributed by atoms with Crippen LogP contribution in [0.4, 0.5) is 11.4 Å². The van der Waals surface area contributed by atoms with E-state index in [1.165, 1.54) is 6.07 Å². The smallest absolute Gasteiger partial charge is 0.327 e. The summed E-state index contributed by atoms with van der Waals surface area (Å²) in [6, 6.07) is 19.1. The van der Waals surface area contributed by atoms with Gasteiger partial charge in [0.1, 0.15) is 17.2 Å². The molecule has 10 heteroatoms. The summed E-state index contributed by atoms with van der Waals surface area (Å²) in [5.74, 6) is -1.88. The second-order valence-corrected chi connectivity index (χ2v) is 8.43. The molecule has 1 amide bonds. The second kappa shape index (κ2) is 9.62. The quantitative estimate of drug-likeness (QED) is 0.269. The molecule has 170 valence electrons. The number of carbonyl (C=O) groups is 2. The SMILES string of the molecule is O=C(O)C(CCC(=O)N(Cl)c1ccccc1)N(c1ccc2oc3ccccc3c2c1)S(=O)O. The molecule has 2 N–H and O–H groups in total. The summed E-state index contributed by atoms with van der Waals surface area (Å²) < 4.78 is 29.7. The van der Waals surface area contributed by atoms with Gasteiger partial charge in [-0.05, 0) is 42.8 Å². The summed E-state index contributed by atoms with van der Waals surface area (Å²) in [5.41, 5.74) is 1.85. The van der Waals surface area contributed by atoms with Gasteiger partial charge in [-0.25, -0.2) is 13.4 Å². The topological polar surface area (TPSA) is 111 Å². The van der Waals surface area contributed by atoms with Crippen molar-refractivity contribution in [1.82, 2.24) is 0 Å². The lowest BCUT2D eigenvalue weighted by Crippen LogP contribution is -2.43. The fourth-order valence-electron chi connectivity index (χ4n) is 3.63. The molecule has 0 radical (unpaired) electrons. The van der Waals surface area contributed by atoms with Gasteiger partial charge in [-0.15, -0.1) is 0 Å². The minimum absolute atomic E-state index is 0.209. The molecule has 33 heavy (non-hydrogen) atoms. The van der Waals surface area contributed by atoms with Gasteiger partial charge in [0.15, 0.2) is 0 Å². The Labute approximate surface area is 196 Å². The first-order chi connectivity index (χ1) is 15.9. The highest BCUT2D eigenvalue weighted by Crippen LogP contribution is 2.33. The molecule has 0 saturated carbocycles. The number of furan rings is 1. The third-order valence-electron chi connectivity index (χ3n) is 5.18. The fraction of sp³-hybridized carbons (Fsp3) is 0.130. The molecule has 4 aromatic rings. The lowest BCUT2D eigenvalue weighted by atomic mass is 10.1. The first-order valence-corrected chi connectivity index (χ1v) is 11.3. The molecule has 2 atom stereocenters. The zero-order chi connectivity index (χ0) is 23.5. The zero-order valence-electron chi connectivity index (χ0n) is 17.1. The van der Waals surface area contributed by atoms with Crippen LogP contribution in [0.1, 0.15) is 12.8 Å². The van der Waals surface area contributed by atoms with Gasteiger partial charge in [-0.1, -0.05) is 36.4 Å². The van der Waals surface area contributed by atoms with Crippen LogP contribution in [0.25, 0.3) is 21.9 Å². The Morgan fingerprint density at radius 3 is 2.30 bits per heavy atom. The summed E-state index contributed by atoms with van der Waals surface area (Å²) in [7, 11) is 0. The van der Waals surface area contributed by atoms with E-state index >= 15 is 0 Å². The van der Waals surface area contributed by atoms with Crippen LogP contribution in [0.2, 0.25) is 0 Å². The number of fused-ring (bicyclic) bond motifs is 3. The molecule has 4 rings (SSSR count). The van der Waals surface area contributed by atoms with Gasteiger partial charge in [0.2, 0.25) is 5.91 Å². The molecular weight excluding hydrogens is 468 g/mol. The summed E-state index contributed by atoms with van der Waals surface area (Å²) in [6.45, 7) is 0. The standard InChI is InChI=1S/C23H19ClN2O6S/c24-25(15-6-2-1-3-7-15)22(27)13-11-19(23(28)29)26(33(30)31)16-10-12-21-18(14-16)17-8-4-5-9-20(17)32-21/h1-10,12,14,19H,11,13H2,(H,28,29)(H,30,31). The monoisotopic (exact) mass is 486 g/mol. The molecule has 0 saturated heterocycles. The molecule has 0 spiro atoms. The van der Waals surface area contributed by atoms with E-state index in [4.69, 9.17) is 16.2 Å². The second-order valence-electron chi connectivity index (χ2n) is 7.24. The number of hydrogen-bond donors (Lipinski definition) is 2. The maximum Gasteiger partial charge on any atom is 0.327 e. The Morgan fingerprint density at radius 2 is 1.61 bits per heavy atom. The van der Waals surface area contributed by atoms with Gasteiger partial charge in [-0.2, -0.15) is 0 Å². The van der Waals surface area contributed by atoms with Crippen LogP contribution in [-0.2, 0) is 20.9 Å². The van der Waals surface area contributed by atoms with Gasteiger partial charge < -0.3 is 9.52 Å².